The van der Waals surface area contributed by atoms with Crippen molar-refractivity contribution in [1.82, 2.24) is 19.9 Å². The normalized spacial score (nSPS) is 12.9. The molecule has 0 unspecified atom stereocenters. The third kappa shape index (κ3) is 5.59. The van der Waals surface area contributed by atoms with Crippen molar-refractivity contribution in [2.45, 2.75) is 20.4 Å². The molecular weight excluding hydrogens is 387 g/mol. The Morgan fingerprint density at radius 1 is 1.21 bits per heavy atom. The van der Waals surface area contributed by atoms with Crippen molar-refractivity contribution in [2.24, 2.45) is 0 Å². The van der Waals surface area contributed by atoms with Crippen LogP contribution in [-0.2, 0) is 6.54 Å². The Kier molecular flexibility index (Phi) is 8.26. The second kappa shape index (κ2) is 10.9. The van der Waals surface area contributed by atoms with E-state index in [9.17, 15) is 18.0 Å². The van der Waals surface area contributed by atoms with Gasteiger partial charge in [0.15, 0.2) is 5.65 Å². The van der Waals surface area contributed by atoms with E-state index in [2.05, 4.69) is 20.7 Å². The van der Waals surface area contributed by atoms with Crippen LogP contribution in [0.4, 0.5) is 19.0 Å². The molecule has 2 N–H and O–H groups in total. The molecule has 2 bridgehead atoms. The zero-order valence-corrected chi connectivity index (χ0v) is 16.1. The average molecular weight is 409 g/mol. The topological polar surface area (TPSA) is 80.5 Å². The molecular formula is C19H22F3N5O2. The van der Waals surface area contributed by atoms with Gasteiger partial charge < -0.3 is 15.4 Å². The van der Waals surface area contributed by atoms with E-state index in [-0.39, 0.29) is 18.3 Å². The number of nitrogens with one attached hydrogen (secondary N) is 2. The molecule has 0 saturated heterocycles. The van der Waals surface area contributed by atoms with Gasteiger partial charge in [0.05, 0.1) is 12.7 Å². The Balaban J connectivity index is 0.000000551. The number of ether oxygens (including phenoxy) is 1. The van der Waals surface area contributed by atoms with Gasteiger partial charge in [0.1, 0.15) is 29.6 Å². The number of carbonyl (C=O) groups excluding carboxylic acids is 1. The van der Waals surface area contributed by atoms with Crippen molar-refractivity contribution in [3.63, 3.8) is 0 Å². The molecule has 4 rings (SSSR count). The fourth-order valence-electron chi connectivity index (χ4n) is 2.56. The van der Waals surface area contributed by atoms with Gasteiger partial charge in [-0.3, -0.25) is 4.79 Å². The number of carbonyl (C=O) groups is 1. The van der Waals surface area contributed by atoms with E-state index in [0.29, 0.717) is 41.4 Å². The molecule has 3 heterocycles. The molecule has 1 amide bonds. The summed E-state index contributed by atoms with van der Waals surface area (Å²) in [6, 6.07) is 6.08. The summed E-state index contributed by atoms with van der Waals surface area (Å²) in [6.45, 7) is 3.20. The van der Waals surface area contributed by atoms with Gasteiger partial charge in [0.25, 0.3) is 5.91 Å². The van der Waals surface area contributed by atoms with Crippen LogP contribution in [0.3, 0.4) is 0 Å². The van der Waals surface area contributed by atoms with Crippen molar-refractivity contribution in [2.75, 3.05) is 25.4 Å². The number of rotatable bonds is 0. The Hall–Kier alpha value is -3.30. The van der Waals surface area contributed by atoms with Crippen LogP contribution in [0.2, 0.25) is 0 Å². The second-order valence-corrected chi connectivity index (χ2v) is 5.45. The maximum Gasteiger partial charge on any atom is 0.256 e. The highest BCUT2D eigenvalue weighted by atomic mass is 19.3. The predicted octanol–water partition coefficient (Wildman–Crippen LogP) is 3.51. The minimum Gasteiger partial charge on any atom is -0.491 e. The SMILES string of the molecule is CC.FCF.O=C1NCCOc2ccc(F)cc2CNc2ccn3ncc1c3n2. The first-order valence-corrected chi connectivity index (χ1v) is 9.02. The molecule has 2 aromatic heterocycles. The molecule has 0 radical (unpaired) electrons. The van der Waals surface area contributed by atoms with E-state index < -0.39 is 6.93 Å². The van der Waals surface area contributed by atoms with Crippen molar-refractivity contribution < 1.29 is 22.7 Å². The third-order valence-electron chi connectivity index (χ3n) is 3.74. The van der Waals surface area contributed by atoms with E-state index >= 15 is 0 Å². The Morgan fingerprint density at radius 3 is 2.72 bits per heavy atom. The lowest BCUT2D eigenvalue weighted by Crippen LogP contribution is -2.28. The molecule has 0 saturated carbocycles. The van der Waals surface area contributed by atoms with Crippen LogP contribution in [0.1, 0.15) is 29.8 Å². The van der Waals surface area contributed by atoms with Gasteiger partial charge in [0, 0.05) is 18.3 Å². The molecule has 0 aliphatic carbocycles. The highest BCUT2D eigenvalue weighted by molar-refractivity contribution is 5.99. The second-order valence-electron chi connectivity index (χ2n) is 5.45. The van der Waals surface area contributed by atoms with Gasteiger partial charge in [-0.05, 0) is 24.3 Å². The van der Waals surface area contributed by atoms with Gasteiger partial charge in [-0.25, -0.2) is 22.7 Å². The fraction of sp³-hybridized carbons (Fsp3) is 0.316. The quantitative estimate of drug-likeness (QED) is 0.594. The van der Waals surface area contributed by atoms with Crippen molar-refractivity contribution in [3.05, 3.63) is 53.6 Å². The highest BCUT2D eigenvalue weighted by Gasteiger charge is 2.15. The van der Waals surface area contributed by atoms with Crippen molar-refractivity contribution in [1.29, 1.82) is 0 Å². The summed E-state index contributed by atoms with van der Waals surface area (Å²) in [7, 11) is 0. The number of amides is 1. The maximum absolute atomic E-state index is 13.5. The van der Waals surface area contributed by atoms with E-state index in [0.717, 1.165) is 0 Å². The van der Waals surface area contributed by atoms with Crippen LogP contribution in [0.25, 0.3) is 5.65 Å². The van der Waals surface area contributed by atoms with E-state index in [1.165, 1.54) is 22.8 Å². The van der Waals surface area contributed by atoms with Crippen LogP contribution in [0.15, 0.2) is 36.7 Å². The van der Waals surface area contributed by atoms with E-state index in [4.69, 9.17) is 4.74 Å². The van der Waals surface area contributed by atoms with Gasteiger partial charge in [-0.1, -0.05) is 13.8 Å². The lowest BCUT2D eigenvalue weighted by atomic mass is 10.2. The first kappa shape index (κ1) is 22.0. The predicted molar refractivity (Wildman–Crippen MR) is 103 cm³/mol. The first-order chi connectivity index (χ1) is 14.1. The lowest BCUT2D eigenvalue weighted by molar-refractivity contribution is 0.0948. The van der Waals surface area contributed by atoms with Gasteiger partial charge >= 0.3 is 0 Å². The zero-order valence-electron chi connectivity index (χ0n) is 16.1. The largest absolute Gasteiger partial charge is 0.491 e. The molecule has 3 aromatic rings. The fourth-order valence-corrected chi connectivity index (χ4v) is 2.56. The average Bonchev–Trinajstić information content (AvgIpc) is 3.15. The maximum atomic E-state index is 13.5. The number of aromatic nitrogens is 3. The summed E-state index contributed by atoms with van der Waals surface area (Å²) >= 11 is 0. The van der Waals surface area contributed by atoms with E-state index in [1.54, 1.807) is 18.3 Å². The molecule has 1 aliphatic heterocycles. The first-order valence-electron chi connectivity index (χ1n) is 9.02. The number of hydrogen-bond donors (Lipinski definition) is 2. The minimum absolute atomic E-state index is 0.267. The van der Waals surface area contributed by atoms with Gasteiger partial charge in [-0.15, -0.1) is 0 Å². The van der Waals surface area contributed by atoms with E-state index in [1.807, 2.05) is 13.8 Å². The standard InChI is InChI=1S/C16H14FN5O2.C2H6.CH2F2/c17-11-1-2-13-10(7-11)8-19-14-3-5-22-15(21-14)12(9-20-22)16(23)18-4-6-24-13;1-2;2-1-3/h1-3,5,7,9H,4,6,8H2,(H,18,23)(H,19,21);1-2H3;1H2. The smallest absolute Gasteiger partial charge is 0.256 e. The monoisotopic (exact) mass is 409 g/mol. The van der Waals surface area contributed by atoms with Crippen LogP contribution in [0, 0.1) is 5.82 Å². The van der Waals surface area contributed by atoms with Crippen LogP contribution in [0.5, 0.6) is 5.75 Å². The molecule has 0 spiro atoms. The third-order valence-corrected chi connectivity index (χ3v) is 3.74. The molecule has 1 aromatic carbocycles. The molecule has 156 valence electrons. The number of hydrogen-bond acceptors (Lipinski definition) is 5. The Labute approximate surface area is 165 Å². The summed E-state index contributed by atoms with van der Waals surface area (Å²) in [5.74, 6) is 0.531. The number of anilines is 1. The van der Waals surface area contributed by atoms with Crippen LogP contribution < -0.4 is 15.4 Å². The van der Waals surface area contributed by atoms with Crippen molar-refractivity contribution >= 4 is 17.4 Å². The molecule has 29 heavy (non-hydrogen) atoms. The molecule has 0 fully saturated rings. The van der Waals surface area contributed by atoms with Crippen molar-refractivity contribution in [3.8, 4) is 5.75 Å². The summed E-state index contributed by atoms with van der Waals surface area (Å²) in [4.78, 5) is 16.7. The summed E-state index contributed by atoms with van der Waals surface area (Å²) in [5.41, 5.74) is 1.52. The van der Waals surface area contributed by atoms with Gasteiger partial charge in [0.2, 0.25) is 6.93 Å². The lowest BCUT2D eigenvalue weighted by Gasteiger charge is -2.12. The van der Waals surface area contributed by atoms with Crippen LogP contribution in [-0.4, -0.2) is 40.6 Å². The number of nitrogens with zero attached hydrogens (tertiary/aromatic N) is 3. The minimum atomic E-state index is -1.75. The number of fused-ring (bicyclic) bond motifs is 2. The Bertz CT molecular complexity index is 949. The Morgan fingerprint density at radius 2 is 1.97 bits per heavy atom. The molecule has 7 nitrogen and oxygen atoms in total. The summed E-state index contributed by atoms with van der Waals surface area (Å²) in [5, 5.41) is 10.0. The zero-order chi connectivity index (χ0) is 21.2. The summed E-state index contributed by atoms with van der Waals surface area (Å²) in [6.07, 6.45) is 3.19. The molecule has 1 aliphatic rings. The number of benzene rings is 1. The van der Waals surface area contributed by atoms with Crippen LogP contribution >= 0.6 is 0 Å². The molecule has 0 atom stereocenters. The van der Waals surface area contributed by atoms with Gasteiger partial charge in [-0.2, -0.15) is 5.10 Å². The molecule has 10 heteroatoms. The number of halogens is 3. The number of alkyl halides is 2. The summed E-state index contributed by atoms with van der Waals surface area (Å²) < 4.78 is 40.0. The highest BCUT2D eigenvalue weighted by Crippen LogP contribution is 2.21.